The summed E-state index contributed by atoms with van der Waals surface area (Å²) in [7, 11) is 0. The zero-order valence-corrected chi connectivity index (χ0v) is 9.79. The summed E-state index contributed by atoms with van der Waals surface area (Å²) in [6, 6.07) is 8.68. The van der Waals surface area contributed by atoms with Gasteiger partial charge in [-0.05, 0) is 36.6 Å². The van der Waals surface area contributed by atoms with Gasteiger partial charge in [-0.25, -0.2) is 0 Å². The predicted molar refractivity (Wildman–Crippen MR) is 67.1 cm³/mol. The van der Waals surface area contributed by atoms with Crippen molar-refractivity contribution < 1.29 is 0 Å². The normalized spacial score (nSPS) is 12.5. The first-order chi connectivity index (χ1) is 7.26. The van der Waals surface area contributed by atoms with Crippen LogP contribution in [-0.2, 0) is 6.42 Å². The van der Waals surface area contributed by atoms with Crippen LogP contribution >= 0.6 is 0 Å². The molecule has 0 aliphatic carbocycles. The van der Waals surface area contributed by atoms with Crippen molar-refractivity contribution in [1.29, 1.82) is 0 Å². The average molecular weight is 206 g/mol. The summed E-state index contributed by atoms with van der Waals surface area (Å²) in [5.74, 6) is 0.528. The maximum absolute atomic E-state index is 5.56. The lowest BCUT2D eigenvalue weighted by molar-refractivity contribution is 0.628. The van der Waals surface area contributed by atoms with E-state index in [-0.39, 0.29) is 0 Å². The molecule has 0 aliphatic rings. The molecule has 15 heavy (non-hydrogen) atoms. The van der Waals surface area contributed by atoms with Crippen LogP contribution in [0.25, 0.3) is 0 Å². The van der Waals surface area contributed by atoms with Crippen molar-refractivity contribution in [2.24, 2.45) is 11.7 Å². The van der Waals surface area contributed by atoms with Crippen LogP contribution in [0.3, 0.4) is 0 Å². The molecule has 0 saturated heterocycles. The predicted octanol–water partition coefficient (Wildman–Crippen LogP) is 2.65. The third-order valence-corrected chi connectivity index (χ3v) is 2.55. The second kappa shape index (κ2) is 6.46. The first-order valence-electron chi connectivity index (χ1n) is 5.79. The minimum absolute atomic E-state index is 0.528. The minimum atomic E-state index is 0.528. The Morgan fingerprint density at radius 2 is 1.93 bits per heavy atom. The molecule has 2 nitrogen and oxygen atoms in total. The molecule has 84 valence electrons. The van der Waals surface area contributed by atoms with Crippen LogP contribution in [-0.4, -0.2) is 13.1 Å². The van der Waals surface area contributed by atoms with E-state index < -0.39 is 0 Å². The standard InChI is InChI=1S/C13H22N2/c1-3-4-12-5-7-13(8-6-12)15-10-11(2)9-14/h5-8,11,15H,3-4,9-10,14H2,1-2H3. The van der Waals surface area contributed by atoms with Gasteiger partial charge in [0.15, 0.2) is 0 Å². The molecule has 0 radical (unpaired) electrons. The van der Waals surface area contributed by atoms with Crippen molar-refractivity contribution in [3.8, 4) is 0 Å². The lowest BCUT2D eigenvalue weighted by Crippen LogP contribution is -2.19. The second-order valence-electron chi connectivity index (χ2n) is 4.17. The topological polar surface area (TPSA) is 38.0 Å². The van der Waals surface area contributed by atoms with E-state index >= 15 is 0 Å². The van der Waals surface area contributed by atoms with Crippen molar-refractivity contribution in [3.63, 3.8) is 0 Å². The average Bonchev–Trinajstić information content (AvgIpc) is 2.28. The summed E-state index contributed by atoms with van der Waals surface area (Å²) in [4.78, 5) is 0. The van der Waals surface area contributed by atoms with E-state index in [1.54, 1.807) is 0 Å². The zero-order chi connectivity index (χ0) is 11.1. The molecule has 1 aromatic rings. The SMILES string of the molecule is CCCc1ccc(NCC(C)CN)cc1. The highest BCUT2D eigenvalue weighted by Gasteiger charge is 1.98. The third kappa shape index (κ3) is 4.34. The van der Waals surface area contributed by atoms with E-state index in [0.717, 1.165) is 13.1 Å². The molecule has 0 aliphatic heterocycles. The van der Waals surface area contributed by atoms with Crippen molar-refractivity contribution in [2.45, 2.75) is 26.7 Å². The number of nitrogens with one attached hydrogen (secondary N) is 1. The highest BCUT2D eigenvalue weighted by Crippen LogP contribution is 2.11. The van der Waals surface area contributed by atoms with Crippen LogP contribution in [0, 0.1) is 5.92 Å². The maximum atomic E-state index is 5.56. The van der Waals surface area contributed by atoms with Gasteiger partial charge in [0.2, 0.25) is 0 Å². The Hall–Kier alpha value is -1.02. The smallest absolute Gasteiger partial charge is 0.0340 e. The fraction of sp³-hybridized carbons (Fsp3) is 0.538. The maximum Gasteiger partial charge on any atom is 0.0340 e. The molecular weight excluding hydrogens is 184 g/mol. The van der Waals surface area contributed by atoms with Gasteiger partial charge in [0.05, 0.1) is 0 Å². The van der Waals surface area contributed by atoms with Gasteiger partial charge in [0.25, 0.3) is 0 Å². The Labute approximate surface area is 92.9 Å². The van der Waals surface area contributed by atoms with Gasteiger partial charge in [-0.2, -0.15) is 0 Å². The van der Waals surface area contributed by atoms with Gasteiger partial charge in [-0.15, -0.1) is 0 Å². The second-order valence-corrected chi connectivity index (χ2v) is 4.17. The van der Waals surface area contributed by atoms with Crippen LogP contribution in [0.1, 0.15) is 25.8 Å². The number of hydrogen-bond donors (Lipinski definition) is 2. The molecule has 0 fully saturated rings. The van der Waals surface area contributed by atoms with E-state index in [0.29, 0.717) is 5.92 Å². The fourth-order valence-corrected chi connectivity index (χ4v) is 1.45. The lowest BCUT2D eigenvalue weighted by Gasteiger charge is -2.11. The Morgan fingerprint density at radius 3 is 2.47 bits per heavy atom. The van der Waals surface area contributed by atoms with Crippen LogP contribution in [0.15, 0.2) is 24.3 Å². The molecule has 1 atom stereocenters. The first kappa shape index (κ1) is 12.1. The van der Waals surface area contributed by atoms with E-state index in [1.807, 2.05) is 0 Å². The monoisotopic (exact) mass is 206 g/mol. The quantitative estimate of drug-likeness (QED) is 0.751. The molecule has 0 aromatic heterocycles. The Bertz CT molecular complexity index is 266. The number of rotatable bonds is 6. The van der Waals surface area contributed by atoms with Gasteiger partial charge >= 0.3 is 0 Å². The first-order valence-corrected chi connectivity index (χ1v) is 5.79. The minimum Gasteiger partial charge on any atom is -0.385 e. The summed E-state index contributed by atoms with van der Waals surface area (Å²) in [6.45, 7) is 6.04. The van der Waals surface area contributed by atoms with Crippen molar-refractivity contribution in [2.75, 3.05) is 18.4 Å². The summed E-state index contributed by atoms with van der Waals surface area (Å²) in [5.41, 5.74) is 8.16. The van der Waals surface area contributed by atoms with Gasteiger partial charge in [-0.1, -0.05) is 32.4 Å². The molecule has 1 unspecified atom stereocenters. The molecule has 0 saturated carbocycles. The molecule has 2 heteroatoms. The van der Waals surface area contributed by atoms with Gasteiger partial charge in [0, 0.05) is 12.2 Å². The summed E-state index contributed by atoms with van der Waals surface area (Å²) < 4.78 is 0. The molecular formula is C13H22N2. The third-order valence-electron chi connectivity index (χ3n) is 2.55. The molecule has 0 heterocycles. The van der Waals surface area contributed by atoms with Crippen LogP contribution in [0.4, 0.5) is 5.69 Å². The molecule has 0 bridgehead atoms. The van der Waals surface area contributed by atoms with Gasteiger partial charge in [0.1, 0.15) is 0 Å². The number of benzene rings is 1. The molecule has 0 spiro atoms. The highest BCUT2D eigenvalue weighted by atomic mass is 14.9. The highest BCUT2D eigenvalue weighted by molar-refractivity contribution is 5.44. The van der Waals surface area contributed by atoms with E-state index in [9.17, 15) is 0 Å². The Balaban J connectivity index is 2.42. The molecule has 1 rings (SSSR count). The van der Waals surface area contributed by atoms with Crippen molar-refractivity contribution in [3.05, 3.63) is 29.8 Å². The molecule has 0 amide bonds. The molecule has 1 aromatic carbocycles. The number of anilines is 1. The summed E-state index contributed by atoms with van der Waals surface area (Å²) >= 11 is 0. The zero-order valence-electron chi connectivity index (χ0n) is 9.79. The van der Waals surface area contributed by atoms with Crippen LogP contribution < -0.4 is 11.1 Å². The van der Waals surface area contributed by atoms with Gasteiger partial charge in [-0.3, -0.25) is 0 Å². The fourth-order valence-electron chi connectivity index (χ4n) is 1.45. The summed E-state index contributed by atoms with van der Waals surface area (Å²) in [5, 5.41) is 3.38. The Morgan fingerprint density at radius 1 is 1.27 bits per heavy atom. The van der Waals surface area contributed by atoms with E-state index in [1.165, 1.54) is 24.1 Å². The van der Waals surface area contributed by atoms with E-state index in [2.05, 4.69) is 43.4 Å². The van der Waals surface area contributed by atoms with Crippen LogP contribution in [0.2, 0.25) is 0 Å². The van der Waals surface area contributed by atoms with Crippen LogP contribution in [0.5, 0.6) is 0 Å². The van der Waals surface area contributed by atoms with Crippen molar-refractivity contribution >= 4 is 5.69 Å². The van der Waals surface area contributed by atoms with Gasteiger partial charge < -0.3 is 11.1 Å². The summed E-state index contributed by atoms with van der Waals surface area (Å²) in [6.07, 6.45) is 2.37. The Kier molecular flexibility index (Phi) is 5.19. The van der Waals surface area contributed by atoms with E-state index in [4.69, 9.17) is 5.73 Å². The molecule has 3 N–H and O–H groups in total. The number of hydrogen-bond acceptors (Lipinski definition) is 2. The lowest BCUT2D eigenvalue weighted by atomic mass is 10.1. The number of nitrogens with two attached hydrogens (primary N) is 1. The van der Waals surface area contributed by atoms with Crippen molar-refractivity contribution in [1.82, 2.24) is 0 Å². The number of aryl methyl sites for hydroxylation is 1. The largest absolute Gasteiger partial charge is 0.385 e.